The lowest BCUT2D eigenvalue weighted by Crippen LogP contribution is -1.94. The van der Waals surface area contributed by atoms with E-state index in [9.17, 15) is 0 Å². The van der Waals surface area contributed by atoms with Crippen LogP contribution in [0, 0.1) is 0 Å². The molecule has 0 aliphatic carbocycles. The van der Waals surface area contributed by atoms with Gasteiger partial charge in [0.2, 0.25) is 10.6 Å². The number of alkyl halides is 1. The summed E-state index contributed by atoms with van der Waals surface area (Å²) in [6.45, 7) is 0. The molecule has 0 aromatic carbocycles. The van der Waals surface area contributed by atoms with Crippen LogP contribution in [0.4, 0.5) is 0 Å². The molecule has 10 heavy (non-hydrogen) atoms. The molecule has 0 atom stereocenters. The maximum Gasteiger partial charge on any atom is 0.226 e. The second-order valence-corrected chi connectivity index (χ2v) is 2.66. The molecule has 0 N–H and O–H groups in total. The van der Waals surface area contributed by atoms with E-state index >= 15 is 0 Å². The SMILES string of the molecule is Clc1nc(Cl)nc(CBr)n1. The molecule has 0 aliphatic rings. The highest BCUT2D eigenvalue weighted by Gasteiger charge is 1.99. The highest BCUT2D eigenvalue weighted by atomic mass is 79.9. The zero-order chi connectivity index (χ0) is 7.56. The molecule has 0 aliphatic heterocycles. The van der Waals surface area contributed by atoms with Crippen molar-refractivity contribution in [1.29, 1.82) is 0 Å². The number of rotatable bonds is 1. The van der Waals surface area contributed by atoms with E-state index in [1.54, 1.807) is 0 Å². The Labute approximate surface area is 75.9 Å². The number of hydrogen-bond acceptors (Lipinski definition) is 3. The third kappa shape index (κ3) is 2.04. The van der Waals surface area contributed by atoms with Crippen molar-refractivity contribution in [3.63, 3.8) is 0 Å². The first-order chi connectivity index (χ1) is 4.72. The average molecular weight is 243 g/mol. The van der Waals surface area contributed by atoms with Crippen LogP contribution in [0.25, 0.3) is 0 Å². The molecule has 1 heterocycles. The minimum absolute atomic E-state index is 0.120. The maximum atomic E-state index is 5.46. The molecule has 0 spiro atoms. The Hall–Kier alpha value is 0.0700. The largest absolute Gasteiger partial charge is 0.226 e. The Morgan fingerprint density at radius 2 is 1.60 bits per heavy atom. The lowest BCUT2D eigenvalue weighted by Gasteiger charge is -1.93. The molecule has 1 aromatic rings. The van der Waals surface area contributed by atoms with Crippen molar-refractivity contribution in [1.82, 2.24) is 15.0 Å². The Bertz CT molecular complexity index is 222. The molecule has 54 valence electrons. The molecule has 1 aromatic heterocycles. The van der Waals surface area contributed by atoms with Crippen LogP contribution in [-0.2, 0) is 5.33 Å². The Kier molecular flexibility index (Phi) is 2.82. The van der Waals surface area contributed by atoms with Crippen molar-refractivity contribution in [2.24, 2.45) is 0 Å². The maximum absolute atomic E-state index is 5.46. The van der Waals surface area contributed by atoms with Crippen LogP contribution in [0.3, 0.4) is 0 Å². The fourth-order valence-electron chi connectivity index (χ4n) is 0.424. The van der Waals surface area contributed by atoms with Crippen molar-refractivity contribution in [3.05, 3.63) is 16.4 Å². The smallest absolute Gasteiger partial charge is 0.202 e. The minimum Gasteiger partial charge on any atom is -0.202 e. The third-order valence-electron chi connectivity index (χ3n) is 0.747. The van der Waals surface area contributed by atoms with Gasteiger partial charge in [-0.25, -0.2) is 9.97 Å². The van der Waals surface area contributed by atoms with E-state index in [4.69, 9.17) is 23.2 Å². The molecular formula is C4H2BrCl2N3. The molecule has 0 amide bonds. The summed E-state index contributed by atoms with van der Waals surface area (Å²) in [5.74, 6) is 0.532. The van der Waals surface area contributed by atoms with Gasteiger partial charge in [-0.2, -0.15) is 4.98 Å². The van der Waals surface area contributed by atoms with E-state index < -0.39 is 0 Å². The number of aromatic nitrogens is 3. The first-order valence-electron chi connectivity index (χ1n) is 2.34. The summed E-state index contributed by atoms with van der Waals surface area (Å²) >= 11 is 14.1. The van der Waals surface area contributed by atoms with Crippen molar-refractivity contribution >= 4 is 39.1 Å². The summed E-state index contributed by atoms with van der Waals surface area (Å²) < 4.78 is 0. The summed E-state index contributed by atoms with van der Waals surface area (Å²) in [6, 6.07) is 0. The van der Waals surface area contributed by atoms with Crippen molar-refractivity contribution in [2.45, 2.75) is 5.33 Å². The average Bonchev–Trinajstić information content (AvgIpc) is 1.85. The Balaban J connectivity index is 3.06. The van der Waals surface area contributed by atoms with Gasteiger partial charge in [0.1, 0.15) is 5.82 Å². The first-order valence-corrected chi connectivity index (χ1v) is 4.22. The van der Waals surface area contributed by atoms with Gasteiger partial charge in [-0.1, -0.05) is 15.9 Å². The van der Waals surface area contributed by atoms with E-state index in [0.717, 1.165) is 0 Å². The molecule has 0 unspecified atom stereocenters. The van der Waals surface area contributed by atoms with Gasteiger partial charge < -0.3 is 0 Å². The highest BCUT2D eigenvalue weighted by molar-refractivity contribution is 9.08. The Morgan fingerprint density at radius 3 is 2.00 bits per heavy atom. The summed E-state index contributed by atoms with van der Waals surface area (Å²) in [5.41, 5.74) is 0. The van der Waals surface area contributed by atoms with Gasteiger partial charge in [0.15, 0.2) is 0 Å². The number of hydrogen-bond donors (Lipinski definition) is 0. The van der Waals surface area contributed by atoms with Crippen LogP contribution in [0.2, 0.25) is 10.6 Å². The first kappa shape index (κ1) is 8.17. The summed E-state index contributed by atoms with van der Waals surface area (Å²) in [6.07, 6.45) is 0. The molecule has 0 saturated carbocycles. The van der Waals surface area contributed by atoms with E-state index in [1.807, 2.05) is 0 Å². The molecule has 0 bridgehead atoms. The highest BCUT2D eigenvalue weighted by Crippen LogP contribution is 2.07. The van der Waals surface area contributed by atoms with E-state index in [-0.39, 0.29) is 10.6 Å². The zero-order valence-corrected chi connectivity index (χ0v) is 7.78. The van der Waals surface area contributed by atoms with Gasteiger partial charge in [-0.05, 0) is 23.2 Å². The number of halogens is 3. The topological polar surface area (TPSA) is 38.7 Å². The second-order valence-electron chi connectivity index (χ2n) is 1.42. The normalized spacial score (nSPS) is 9.90. The van der Waals surface area contributed by atoms with Gasteiger partial charge in [0.25, 0.3) is 0 Å². The molecule has 0 radical (unpaired) electrons. The van der Waals surface area contributed by atoms with Crippen LogP contribution in [0.1, 0.15) is 5.82 Å². The minimum atomic E-state index is 0.120. The van der Waals surface area contributed by atoms with Crippen LogP contribution in [0.5, 0.6) is 0 Å². The predicted octanol–water partition coefficient (Wildman–Crippen LogP) is 2.07. The van der Waals surface area contributed by atoms with Crippen molar-refractivity contribution in [2.75, 3.05) is 0 Å². The Morgan fingerprint density at radius 1 is 1.10 bits per heavy atom. The summed E-state index contributed by atoms with van der Waals surface area (Å²) in [7, 11) is 0. The standard InChI is InChI=1S/C4H2BrCl2N3/c5-1-2-8-3(6)10-4(7)9-2/h1H2. The lowest BCUT2D eigenvalue weighted by atomic mass is 10.7. The molecule has 1 rings (SSSR count). The molecule has 3 nitrogen and oxygen atoms in total. The second kappa shape index (κ2) is 3.46. The van der Waals surface area contributed by atoms with Crippen molar-refractivity contribution < 1.29 is 0 Å². The van der Waals surface area contributed by atoms with Gasteiger partial charge in [0, 0.05) is 0 Å². The molecular weight excluding hydrogens is 241 g/mol. The van der Waals surface area contributed by atoms with Crippen molar-refractivity contribution in [3.8, 4) is 0 Å². The molecule has 6 heteroatoms. The fraction of sp³-hybridized carbons (Fsp3) is 0.250. The molecule has 0 fully saturated rings. The monoisotopic (exact) mass is 241 g/mol. The third-order valence-corrected chi connectivity index (χ3v) is 1.59. The van der Waals surface area contributed by atoms with Gasteiger partial charge in [-0.3, -0.25) is 0 Å². The van der Waals surface area contributed by atoms with Gasteiger partial charge in [-0.15, -0.1) is 0 Å². The fourth-order valence-corrected chi connectivity index (χ4v) is 1.07. The van der Waals surface area contributed by atoms with Crippen LogP contribution >= 0.6 is 39.1 Å². The van der Waals surface area contributed by atoms with Crippen LogP contribution < -0.4 is 0 Å². The summed E-state index contributed by atoms with van der Waals surface area (Å²) in [4.78, 5) is 11.1. The van der Waals surface area contributed by atoms with Crippen LogP contribution in [0.15, 0.2) is 0 Å². The lowest BCUT2D eigenvalue weighted by molar-refractivity contribution is 0.967. The summed E-state index contributed by atoms with van der Waals surface area (Å²) in [5, 5.41) is 0.763. The molecule has 0 saturated heterocycles. The van der Waals surface area contributed by atoms with E-state index in [2.05, 4.69) is 30.9 Å². The number of nitrogens with zero attached hydrogens (tertiary/aromatic N) is 3. The van der Waals surface area contributed by atoms with Crippen LogP contribution in [-0.4, -0.2) is 15.0 Å². The van der Waals surface area contributed by atoms with Gasteiger partial charge in [0.05, 0.1) is 5.33 Å². The predicted molar refractivity (Wildman–Crippen MR) is 42.5 cm³/mol. The zero-order valence-electron chi connectivity index (χ0n) is 4.68. The van der Waals surface area contributed by atoms with E-state index in [1.165, 1.54) is 0 Å². The quantitative estimate of drug-likeness (QED) is 0.708. The van der Waals surface area contributed by atoms with E-state index in [0.29, 0.717) is 11.2 Å². The van der Waals surface area contributed by atoms with Gasteiger partial charge >= 0.3 is 0 Å².